The van der Waals surface area contributed by atoms with Crippen LogP contribution in [0.15, 0.2) is 0 Å². The predicted molar refractivity (Wildman–Crippen MR) is 128 cm³/mol. The van der Waals surface area contributed by atoms with E-state index in [0.29, 0.717) is 12.8 Å². The molecule has 0 rings (SSSR count). The highest BCUT2D eigenvalue weighted by Crippen LogP contribution is 2.31. The van der Waals surface area contributed by atoms with Crippen LogP contribution < -0.4 is 16.4 Å². The van der Waals surface area contributed by atoms with Crippen LogP contribution in [-0.4, -0.2) is 60.1 Å². The number of rotatable bonds is 11. The molecular formula is C23H48N4O4. The normalized spacial score (nSPS) is 11.6. The standard InChI is InChI=1S/C19H36N4O4.2C2H6/c1-8-15(25)22-19(5,6)12-18(3,4)17(27)23(7)14(11-13(2)24)16(26)21-10-9-20;2*1-2/h14H,8-12,20H2,1-7H3,(H,21,26)(H,22,25);2*1-2H3. The van der Waals surface area contributed by atoms with Gasteiger partial charge in [-0.05, 0) is 27.2 Å². The molecule has 0 aromatic rings. The van der Waals surface area contributed by atoms with E-state index in [9.17, 15) is 19.2 Å². The fourth-order valence-electron chi connectivity index (χ4n) is 3.30. The van der Waals surface area contributed by atoms with Gasteiger partial charge in [0.15, 0.2) is 0 Å². The Bertz CT molecular complexity index is 560. The van der Waals surface area contributed by atoms with Crippen molar-refractivity contribution in [3.8, 4) is 0 Å². The molecule has 0 bridgehead atoms. The molecule has 0 aliphatic heterocycles. The van der Waals surface area contributed by atoms with Gasteiger partial charge < -0.3 is 21.3 Å². The molecule has 0 aromatic carbocycles. The molecule has 1 atom stereocenters. The van der Waals surface area contributed by atoms with Crippen molar-refractivity contribution in [1.29, 1.82) is 0 Å². The Labute approximate surface area is 190 Å². The molecule has 0 saturated heterocycles. The largest absolute Gasteiger partial charge is 0.353 e. The van der Waals surface area contributed by atoms with Crippen molar-refractivity contribution in [2.75, 3.05) is 20.1 Å². The van der Waals surface area contributed by atoms with Crippen LogP contribution in [0.5, 0.6) is 0 Å². The third-order valence-electron chi connectivity index (χ3n) is 4.28. The Kier molecular flexibility index (Phi) is 18.1. The van der Waals surface area contributed by atoms with Crippen LogP contribution >= 0.6 is 0 Å². The van der Waals surface area contributed by atoms with Gasteiger partial charge in [-0.2, -0.15) is 0 Å². The first-order chi connectivity index (χ1) is 14.3. The molecule has 0 spiro atoms. The monoisotopic (exact) mass is 444 g/mol. The number of ketones is 1. The summed E-state index contributed by atoms with van der Waals surface area (Å²) in [6.07, 6.45) is 0.677. The molecule has 184 valence electrons. The smallest absolute Gasteiger partial charge is 0.243 e. The van der Waals surface area contributed by atoms with Gasteiger partial charge in [-0.15, -0.1) is 0 Å². The van der Waals surface area contributed by atoms with Gasteiger partial charge in [0.05, 0.1) is 0 Å². The van der Waals surface area contributed by atoms with Crippen molar-refractivity contribution in [2.24, 2.45) is 11.1 Å². The zero-order valence-electron chi connectivity index (χ0n) is 21.8. The number of hydrogen-bond donors (Lipinski definition) is 3. The van der Waals surface area contributed by atoms with E-state index >= 15 is 0 Å². The molecule has 31 heavy (non-hydrogen) atoms. The van der Waals surface area contributed by atoms with E-state index in [-0.39, 0.29) is 37.1 Å². The van der Waals surface area contributed by atoms with E-state index in [1.54, 1.807) is 20.8 Å². The number of nitrogens with zero attached hydrogens (tertiary/aromatic N) is 1. The molecule has 0 fully saturated rings. The molecule has 0 heterocycles. The minimum atomic E-state index is -0.894. The summed E-state index contributed by atoms with van der Waals surface area (Å²) in [5, 5.41) is 5.55. The Morgan fingerprint density at radius 3 is 1.87 bits per heavy atom. The van der Waals surface area contributed by atoms with E-state index in [2.05, 4.69) is 10.6 Å². The second-order valence-electron chi connectivity index (χ2n) is 8.26. The lowest BCUT2D eigenvalue weighted by atomic mass is 9.78. The lowest BCUT2D eigenvalue weighted by Crippen LogP contribution is -2.55. The summed E-state index contributed by atoms with van der Waals surface area (Å²) in [6.45, 7) is 19.0. The van der Waals surface area contributed by atoms with Crippen LogP contribution in [0.4, 0.5) is 0 Å². The van der Waals surface area contributed by atoms with E-state index in [4.69, 9.17) is 5.73 Å². The number of carbonyl (C=O) groups excluding carboxylic acids is 4. The van der Waals surface area contributed by atoms with Gasteiger partial charge in [0.2, 0.25) is 17.7 Å². The maximum Gasteiger partial charge on any atom is 0.243 e. The maximum atomic E-state index is 13.1. The van der Waals surface area contributed by atoms with E-state index in [1.165, 1.54) is 18.9 Å². The van der Waals surface area contributed by atoms with Crippen LogP contribution in [0.25, 0.3) is 0 Å². The van der Waals surface area contributed by atoms with Crippen LogP contribution in [0.2, 0.25) is 0 Å². The lowest BCUT2D eigenvalue weighted by Gasteiger charge is -2.38. The van der Waals surface area contributed by atoms with Gasteiger partial charge in [0.1, 0.15) is 11.8 Å². The third kappa shape index (κ3) is 13.9. The van der Waals surface area contributed by atoms with Gasteiger partial charge in [0.25, 0.3) is 0 Å². The van der Waals surface area contributed by atoms with Gasteiger partial charge in [-0.1, -0.05) is 48.5 Å². The quantitative estimate of drug-likeness (QED) is 0.452. The molecular weight excluding hydrogens is 396 g/mol. The summed E-state index contributed by atoms with van der Waals surface area (Å²) in [5.41, 5.74) is 3.97. The van der Waals surface area contributed by atoms with Gasteiger partial charge >= 0.3 is 0 Å². The second-order valence-corrected chi connectivity index (χ2v) is 8.26. The fraction of sp³-hybridized carbons (Fsp3) is 0.826. The molecule has 0 saturated carbocycles. The third-order valence-corrected chi connectivity index (χ3v) is 4.28. The average Bonchev–Trinajstić information content (AvgIpc) is 2.70. The highest BCUT2D eigenvalue weighted by Gasteiger charge is 2.40. The summed E-state index contributed by atoms with van der Waals surface area (Å²) >= 11 is 0. The van der Waals surface area contributed by atoms with Crippen molar-refractivity contribution < 1.29 is 19.2 Å². The minimum absolute atomic E-state index is 0.0648. The van der Waals surface area contributed by atoms with Crippen molar-refractivity contribution in [1.82, 2.24) is 15.5 Å². The first-order valence-electron chi connectivity index (χ1n) is 11.3. The predicted octanol–water partition coefficient (Wildman–Crippen LogP) is 2.64. The van der Waals surface area contributed by atoms with Crippen LogP contribution in [0, 0.1) is 5.41 Å². The molecule has 8 nitrogen and oxygen atoms in total. The van der Waals surface area contributed by atoms with Crippen LogP contribution in [0.1, 0.15) is 88.5 Å². The highest BCUT2D eigenvalue weighted by molar-refractivity contribution is 5.93. The summed E-state index contributed by atoms with van der Waals surface area (Å²) in [7, 11) is 1.53. The lowest BCUT2D eigenvalue weighted by molar-refractivity contribution is -0.148. The maximum absolute atomic E-state index is 13.1. The molecule has 0 aliphatic carbocycles. The second kappa shape index (κ2) is 16.7. The number of carbonyl (C=O) groups is 4. The van der Waals surface area contributed by atoms with E-state index < -0.39 is 22.9 Å². The first-order valence-corrected chi connectivity index (χ1v) is 11.3. The molecule has 0 aliphatic rings. The summed E-state index contributed by atoms with van der Waals surface area (Å²) < 4.78 is 0. The number of hydrogen-bond acceptors (Lipinski definition) is 5. The van der Waals surface area contributed by atoms with E-state index in [0.717, 1.165) is 0 Å². The molecule has 0 aromatic heterocycles. The minimum Gasteiger partial charge on any atom is -0.353 e. The SMILES string of the molecule is CC.CC.CCC(=O)NC(C)(C)CC(C)(C)C(=O)N(C)C(CC(C)=O)C(=O)NCCN. The summed E-state index contributed by atoms with van der Waals surface area (Å²) in [5.74, 6) is -0.945. The molecule has 3 amide bonds. The van der Waals surface area contributed by atoms with Crippen molar-refractivity contribution in [3.63, 3.8) is 0 Å². The average molecular weight is 445 g/mol. The molecule has 8 heteroatoms. The molecule has 1 unspecified atom stereocenters. The molecule has 0 radical (unpaired) electrons. The Morgan fingerprint density at radius 1 is 1.00 bits per heavy atom. The van der Waals surface area contributed by atoms with Gasteiger partial charge in [-0.3, -0.25) is 19.2 Å². The van der Waals surface area contributed by atoms with Crippen LogP contribution in [0.3, 0.4) is 0 Å². The number of nitrogens with one attached hydrogen (secondary N) is 2. The molecule has 4 N–H and O–H groups in total. The summed E-state index contributed by atoms with van der Waals surface area (Å²) in [4.78, 5) is 50.2. The Morgan fingerprint density at radius 2 is 1.48 bits per heavy atom. The topological polar surface area (TPSA) is 122 Å². The van der Waals surface area contributed by atoms with Crippen LogP contribution in [-0.2, 0) is 19.2 Å². The van der Waals surface area contributed by atoms with Crippen molar-refractivity contribution in [2.45, 2.75) is 100 Å². The van der Waals surface area contributed by atoms with Gasteiger partial charge in [0, 0.05) is 43.9 Å². The van der Waals surface area contributed by atoms with Crippen molar-refractivity contribution in [3.05, 3.63) is 0 Å². The fourth-order valence-corrected chi connectivity index (χ4v) is 3.30. The zero-order valence-corrected chi connectivity index (χ0v) is 21.8. The Hall–Kier alpha value is -1.96. The Balaban J connectivity index is -0.00000184. The number of nitrogens with two attached hydrogens (primary N) is 1. The highest BCUT2D eigenvalue weighted by atomic mass is 16.2. The van der Waals surface area contributed by atoms with E-state index in [1.807, 2.05) is 41.5 Å². The summed E-state index contributed by atoms with van der Waals surface area (Å²) in [6, 6.07) is -0.894. The zero-order chi connectivity index (χ0) is 25.4. The van der Waals surface area contributed by atoms with Crippen molar-refractivity contribution >= 4 is 23.5 Å². The van der Waals surface area contributed by atoms with Gasteiger partial charge in [-0.25, -0.2) is 0 Å². The number of Topliss-reactive ketones (excluding diaryl/α,β-unsaturated/α-hetero) is 1. The first kappa shape index (κ1) is 33.7. The number of amides is 3. The number of likely N-dealkylation sites (N-methyl/N-ethyl adjacent to an activating group) is 1.